The Kier molecular flexibility index (Phi) is 4.17. The van der Waals surface area contributed by atoms with Gasteiger partial charge in [-0.05, 0) is 51.3 Å². The van der Waals surface area contributed by atoms with E-state index in [-0.39, 0.29) is 17.6 Å². The maximum Gasteiger partial charge on any atom is 0.270 e. The zero-order valence-electron chi connectivity index (χ0n) is 13.7. The Balaban J connectivity index is 1.73. The highest BCUT2D eigenvalue weighted by atomic mass is 16.5. The van der Waals surface area contributed by atoms with E-state index in [2.05, 4.69) is 29.1 Å². The van der Waals surface area contributed by atoms with Crippen LogP contribution < -0.4 is 5.32 Å². The lowest BCUT2D eigenvalue weighted by Gasteiger charge is -2.35. The molecule has 122 valence electrons. The van der Waals surface area contributed by atoms with Crippen molar-refractivity contribution in [3.05, 3.63) is 42.1 Å². The van der Waals surface area contributed by atoms with Gasteiger partial charge in [-0.2, -0.15) is 0 Å². The molecule has 2 aromatic heterocycles. The molecule has 23 heavy (non-hydrogen) atoms. The predicted molar refractivity (Wildman–Crippen MR) is 86.6 cm³/mol. The second kappa shape index (κ2) is 6.12. The van der Waals surface area contributed by atoms with Crippen LogP contribution in [0.2, 0.25) is 0 Å². The Morgan fingerprint density at radius 1 is 1.43 bits per heavy atom. The topological polar surface area (TPSA) is 69.0 Å². The highest BCUT2D eigenvalue weighted by Crippen LogP contribution is 2.23. The fraction of sp³-hybridized carbons (Fsp3) is 0.471. The molecular formula is C17H22N4O2. The van der Waals surface area contributed by atoms with Gasteiger partial charge in [0.05, 0.1) is 18.2 Å². The van der Waals surface area contributed by atoms with Gasteiger partial charge in [0.1, 0.15) is 17.8 Å². The van der Waals surface area contributed by atoms with Crippen molar-refractivity contribution in [3.8, 4) is 5.82 Å². The molecule has 1 saturated heterocycles. The van der Waals surface area contributed by atoms with Crippen molar-refractivity contribution in [2.75, 3.05) is 6.61 Å². The molecule has 0 unspecified atom stereocenters. The molecule has 1 N–H and O–H groups in total. The van der Waals surface area contributed by atoms with Gasteiger partial charge in [0.2, 0.25) is 0 Å². The number of hydrogen-bond donors (Lipinski definition) is 1. The summed E-state index contributed by atoms with van der Waals surface area (Å²) in [6.07, 6.45) is 7.00. The van der Waals surface area contributed by atoms with Crippen LogP contribution in [0.15, 0.2) is 30.9 Å². The van der Waals surface area contributed by atoms with E-state index in [1.54, 1.807) is 29.4 Å². The first kappa shape index (κ1) is 15.7. The number of aryl methyl sites for hydroxylation is 1. The van der Waals surface area contributed by atoms with Gasteiger partial charge in [-0.25, -0.2) is 9.97 Å². The van der Waals surface area contributed by atoms with Crippen molar-refractivity contribution in [2.45, 2.75) is 45.3 Å². The van der Waals surface area contributed by atoms with Gasteiger partial charge < -0.3 is 10.1 Å². The van der Waals surface area contributed by atoms with Crippen molar-refractivity contribution in [2.24, 2.45) is 0 Å². The van der Waals surface area contributed by atoms with Gasteiger partial charge in [0.25, 0.3) is 5.91 Å². The van der Waals surface area contributed by atoms with Crippen LogP contribution in [0.3, 0.4) is 0 Å². The van der Waals surface area contributed by atoms with Crippen molar-refractivity contribution < 1.29 is 9.53 Å². The number of rotatable bonds is 3. The van der Waals surface area contributed by atoms with Crippen LogP contribution >= 0.6 is 0 Å². The first-order chi connectivity index (χ1) is 10.9. The zero-order chi connectivity index (χ0) is 16.4. The van der Waals surface area contributed by atoms with Gasteiger partial charge in [0, 0.05) is 12.4 Å². The summed E-state index contributed by atoms with van der Waals surface area (Å²) in [6.45, 7) is 6.64. The van der Waals surface area contributed by atoms with Crippen LogP contribution in [0.25, 0.3) is 5.82 Å². The van der Waals surface area contributed by atoms with E-state index in [4.69, 9.17) is 4.74 Å². The normalized spacial score (nSPS) is 20.2. The smallest absolute Gasteiger partial charge is 0.270 e. The number of ether oxygens (including phenoxy) is 1. The molecule has 3 heterocycles. The van der Waals surface area contributed by atoms with E-state index >= 15 is 0 Å². The summed E-state index contributed by atoms with van der Waals surface area (Å²) in [4.78, 5) is 21.0. The van der Waals surface area contributed by atoms with Gasteiger partial charge in [-0.1, -0.05) is 0 Å². The number of aromatic nitrogens is 3. The van der Waals surface area contributed by atoms with E-state index in [0.29, 0.717) is 18.1 Å². The summed E-state index contributed by atoms with van der Waals surface area (Å²) in [6, 6.07) is 3.75. The lowest BCUT2D eigenvalue weighted by molar-refractivity contribution is -0.0639. The average Bonchev–Trinajstić information content (AvgIpc) is 3.03. The fourth-order valence-electron chi connectivity index (χ4n) is 2.67. The number of hydrogen-bond acceptors (Lipinski definition) is 4. The van der Waals surface area contributed by atoms with E-state index in [9.17, 15) is 4.79 Å². The standard InChI is InChI=1S/C17H22N4O2/c1-12-8-14(20-15(9-12)21-7-6-18-11-21)16(22)19-13-4-5-17(2,3)23-10-13/h6-9,11,13H,4-5,10H2,1-3H3,(H,19,22)/t13-/m1/s1. The number of nitrogens with zero attached hydrogens (tertiary/aromatic N) is 3. The van der Waals surface area contributed by atoms with Crippen LogP contribution in [0.5, 0.6) is 0 Å². The molecule has 1 fully saturated rings. The van der Waals surface area contributed by atoms with Gasteiger partial charge in [0.15, 0.2) is 0 Å². The highest BCUT2D eigenvalue weighted by Gasteiger charge is 2.28. The van der Waals surface area contributed by atoms with Crippen molar-refractivity contribution >= 4 is 5.91 Å². The number of amides is 1. The maximum absolute atomic E-state index is 12.5. The Labute approximate surface area is 135 Å². The lowest BCUT2D eigenvalue weighted by Crippen LogP contribution is -2.46. The summed E-state index contributed by atoms with van der Waals surface area (Å²) >= 11 is 0. The molecule has 0 radical (unpaired) electrons. The SMILES string of the molecule is Cc1cc(C(=O)N[C@@H]2CCC(C)(C)OC2)nc(-n2ccnc2)c1. The molecule has 2 aromatic rings. The van der Waals surface area contributed by atoms with E-state index < -0.39 is 0 Å². The predicted octanol–water partition coefficient (Wildman–Crippen LogP) is 2.26. The summed E-state index contributed by atoms with van der Waals surface area (Å²) in [5.41, 5.74) is 1.30. The minimum Gasteiger partial charge on any atom is -0.373 e. The molecule has 1 aliphatic rings. The van der Waals surface area contributed by atoms with E-state index in [1.165, 1.54) is 0 Å². The van der Waals surface area contributed by atoms with E-state index in [0.717, 1.165) is 18.4 Å². The molecule has 6 heteroatoms. The summed E-state index contributed by atoms with van der Waals surface area (Å²) in [5, 5.41) is 3.02. The molecule has 0 aliphatic carbocycles. The Bertz CT molecular complexity index is 685. The van der Waals surface area contributed by atoms with Crippen molar-refractivity contribution in [3.63, 3.8) is 0 Å². The minimum absolute atomic E-state index is 0.0366. The number of carbonyl (C=O) groups excluding carboxylic acids is 1. The van der Waals surface area contributed by atoms with Crippen LogP contribution in [-0.4, -0.2) is 38.7 Å². The molecule has 6 nitrogen and oxygen atoms in total. The van der Waals surface area contributed by atoms with Crippen molar-refractivity contribution in [1.29, 1.82) is 0 Å². The summed E-state index contributed by atoms with van der Waals surface area (Å²) in [7, 11) is 0. The van der Waals surface area contributed by atoms with Gasteiger partial charge in [-0.3, -0.25) is 9.36 Å². The third-order valence-electron chi connectivity index (χ3n) is 4.06. The summed E-state index contributed by atoms with van der Waals surface area (Å²) < 4.78 is 7.56. The second-order valence-corrected chi connectivity index (χ2v) is 6.64. The first-order valence-electron chi connectivity index (χ1n) is 7.85. The minimum atomic E-state index is -0.164. The highest BCUT2D eigenvalue weighted by molar-refractivity contribution is 5.92. The zero-order valence-corrected chi connectivity index (χ0v) is 13.7. The van der Waals surface area contributed by atoms with Crippen LogP contribution in [0.1, 0.15) is 42.7 Å². The lowest BCUT2D eigenvalue weighted by atomic mass is 9.95. The maximum atomic E-state index is 12.5. The Morgan fingerprint density at radius 3 is 2.91 bits per heavy atom. The van der Waals surface area contributed by atoms with Gasteiger partial charge in [-0.15, -0.1) is 0 Å². The molecule has 0 aromatic carbocycles. The molecule has 1 atom stereocenters. The van der Waals surface area contributed by atoms with Crippen LogP contribution in [0.4, 0.5) is 0 Å². The quantitative estimate of drug-likeness (QED) is 0.943. The molecule has 1 aliphatic heterocycles. The molecule has 3 rings (SSSR count). The van der Waals surface area contributed by atoms with Crippen LogP contribution in [-0.2, 0) is 4.74 Å². The Morgan fingerprint density at radius 2 is 2.26 bits per heavy atom. The molecule has 0 spiro atoms. The largest absolute Gasteiger partial charge is 0.373 e. The molecule has 0 saturated carbocycles. The Hall–Kier alpha value is -2.21. The second-order valence-electron chi connectivity index (χ2n) is 6.64. The number of imidazole rings is 1. The number of carbonyl (C=O) groups is 1. The average molecular weight is 314 g/mol. The van der Waals surface area contributed by atoms with Crippen LogP contribution in [0, 0.1) is 6.92 Å². The first-order valence-corrected chi connectivity index (χ1v) is 7.85. The van der Waals surface area contributed by atoms with E-state index in [1.807, 2.05) is 13.0 Å². The third kappa shape index (κ3) is 3.76. The number of nitrogens with one attached hydrogen (secondary N) is 1. The van der Waals surface area contributed by atoms with Gasteiger partial charge >= 0.3 is 0 Å². The van der Waals surface area contributed by atoms with Crippen molar-refractivity contribution in [1.82, 2.24) is 19.9 Å². The monoisotopic (exact) mass is 314 g/mol. The molecular weight excluding hydrogens is 292 g/mol. The molecule has 0 bridgehead atoms. The third-order valence-corrected chi connectivity index (χ3v) is 4.06. The fourth-order valence-corrected chi connectivity index (χ4v) is 2.67. The summed E-state index contributed by atoms with van der Waals surface area (Å²) in [5.74, 6) is 0.525. The molecule has 1 amide bonds. The number of pyridine rings is 1.